The molecule has 6 heteroatoms. The van der Waals surface area contributed by atoms with Crippen LogP contribution in [0.25, 0.3) is 22.6 Å². The lowest BCUT2D eigenvalue weighted by molar-refractivity contribution is 0.556. The third-order valence-corrected chi connectivity index (χ3v) is 3.87. The van der Waals surface area contributed by atoms with E-state index in [9.17, 15) is 0 Å². The van der Waals surface area contributed by atoms with Crippen LogP contribution < -0.4 is 0 Å². The van der Waals surface area contributed by atoms with E-state index in [-0.39, 0.29) is 0 Å². The quantitative estimate of drug-likeness (QED) is 0.666. The van der Waals surface area contributed by atoms with Crippen molar-refractivity contribution in [2.45, 2.75) is 0 Å². The highest BCUT2D eigenvalue weighted by molar-refractivity contribution is 7.11. The lowest BCUT2D eigenvalue weighted by atomic mass is 10.2. The topological polar surface area (TPSA) is 38.9 Å². The first-order chi connectivity index (χ1) is 9.72. The number of thiophene rings is 1. The fourth-order valence-corrected chi connectivity index (χ4v) is 2.63. The minimum absolute atomic E-state index is 0.296. The molecule has 0 spiro atoms. The van der Waals surface area contributed by atoms with Gasteiger partial charge in [-0.3, -0.25) is 0 Å². The van der Waals surface area contributed by atoms with Gasteiger partial charge < -0.3 is 4.42 Å². The van der Waals surface area contributed by atoms with Gasteiger partial charge in [-0.2, -0.15) is 0 Å². The molecule has 100 valence electrons. The number of rotatable bonds is 3. The molecule has 0 aliphatic carbocycles. The van der Waals surface area contributed by atoms with E-state index in [1.807, 2.05) is 29.6 Å². The molecule has 0 fully saturated rings. The number of aromatic nitrogens is 2. The van der Waals surface area contributed by atoms with Gasteiger partial charge in [0.15, 0.2) is 0 Å². The van der Waals surface area contributed by atoms with Crippen molar-refractivity contribution in [3.8, 4) is 11.5 Å². The Morgan fingerprint density at radius 2 is 1.95 bits per heavy atom. The van der Waals surface area contributed by atoms with Crippen LogP contribution in [0.15, 0.2) is 46.2 Å². The van der Waals surface area contributed by atoms with Crippen molar-refractivity contribution in [1.82, 2.24) is 10.2 Å². The summed E-state index contributed by atoms with van der Waals surface area (Å²) < 4.78 is 5.56. The van der Waals surface area contributed by atoms with Crippen LogP contribution in [0, 0.1) is 0 Å². The maximum absolute atomic E-state index is 6.17. The Morgan fingerprint density at radius 3 is 2.65 bits per heavy atom. The zero-order chi connectivity index (χ0) is 13.9. The van der Waals surface area contributed by atoms with Gasteiger partial charge in [0, 0.05) is 15.5 Å². The number of hydrogen-bond acceptors (Lipinski definition) is 4. The summed E-state index contributed by atoms with van der Waals surface area (Å²) in [6, 6.07) is 11.1. The van der Waals surface area contributed by atoms with E-state index >= 15 is 0 Å². The molecule has 0 radical (unpaired) electrons. The molecule has 0 unspecified atom stereocenters. The van der Waals surface area contributed by atoms with Gasteiger partial charge in [0.2, 0.25) is 5.89 Å². The molecule has 3 rings (SSSR count). The van der Waals surface area contributed by atoms with Gasteiger partial charge in [-0.25, -0.2) is 0 Å². The molecule has 20 heavy (non-hydrogen) atoms. The summed E-state index contributed by atoms with van der Waals surface area (Å²) in [6.07, 6.45) is 1.80. The second-order valence-electron chi connectivity index (χ2n) is 3.93. The van der Waals surface area contributed by atoms with E-state index in [1.165, 1.54) is 0 Å². The van der Waals surface area contributed by atoms with Crippen LogP contribution in [0.1, 0.15) is 10.8 Å². The maximum Gasteiger partial charge on any atom is 0.259 e. The molecular formula is C14H8Cl2N2OS. The Morgan fingerprint density at radius 1 is 1.15 bits per heavy atom. The monoisotopic (exact) mass is 322 g/mol. The SMILES string of the molecule is Cl/C(=C\c1cccs1)c1nnc(-c2ccc(Cl)cc2)o1. The molecule has 0 saturated carbocycles. The average Bonchev–Trinajstić information content (AvgIpc) is 3.10. The van der Waals surface area contributed by atoms with Crippen LogP contribution in [-0.2, 0) is 0 Å². The Balaban J connectivity index is 1.88. The molecule has 0 saturated heterocycles. The van der Waals surface area contributed by atoms with Gasteiger partial charge >= 0.3 is 0 Å². The van der Waals surface area contributed by atoms with E-state index in [2.05, 4.69) is 10.2 Å². The number of hydrogen-bond donors (Lipinski definition) is 0. The lowest BCUT2D eigenvalue weighted by Crippen LogP contribution is -1.77. The average molecular weight is 323 g/mol. The molecule has 0 aliphatic heterocycles. The largest absolute Gasteiger partial charge is 0.415 e. The number of halogens is 2. The van der Waals surface area contributed by atoms with Crippen LogP contribution in [0.3, 0.4) is 0 Å². The van der Waals surface area contributed by atoms with Crippen molar-refractivity contribution in [2.75, 3.05) is 0 Å². The summed E-state index contributed by atoms with van der Waals surface area (Å²) in [5.74, 6) is 0.708. The number of benzene rings is 1. The Kier molecular flexibility index (Phi) is 3.87. The first-order valence-corrected chi connectivity index (χ1v) is 7.36. The van der Waals surface area contributed by atoms with Gasteiger partial charge in [0.25, 0.3) is 5.89 Å². The van der Waals surface area contributed by atoms with Crippen LogP contribution in [0.5, 0.6) is 0 Å². The van der Waals surface area contributed by atoms with E-state index in [1.54, 1.807) is 29.5 Å². The normalized spacial score (nSPS) is 11.8. The summed E-state index contributed by atoms with van der Waals surface area (Å²) in [6.45, 7) is 0. The number of nitrogens with zero attached hydrogens (tertiary/aromatic N) is 2. The first-order valence-electron chi connectivity index (χ1n) is 5.73. The molecule has 0 amide bonds. The van der Waals surface area contributed by atoms with E-state index in [4.69, 9.17) is 27.6 Å². The third-order valence-electron chi connectivity index (χ3n) is 2.53. The predicted molar refractivity (Wildman–Crippen MR) is 82.8 cm³/mol. The highest BCUT2D eigenvalue weighted by Crippen LogP contribution is 2.26. The van der Waals surface area contributed by atoms with Crippen LogP contribution in [0.2, 0.25) is 5.02 Å². The molecule has 0 atom stereocenters. The summed E-state index contributed by atoms with van der Waals surface area (Å²) in [4.78, 5) is 1.03. The zero-order valence-electron chi connectivity index (χ0n) is 10.1. The third kappa shape index (κ3) is 2.93. The van der Waals surface area contributed by atoms with Crippen molar-refractivity contribution < 1.29 is 4.42 Å². The second-order valence-corrected chi connectivity index (χ2v) is 5.75. The van der Waals surface area contributed by atoms with Gasteiger partial charge in [-0.1, -0.05) is 29.3 Å². The standard InChI is InChI=1S/C14H8Cl2N2OS/c15-10-5-3-9(4-6-10)13-17-18-14(19-13)12(16)8-11-2-1-7-20-11/h1-8H/b12-8-. The summed E-state index contributed by atoms with van der Waals surface area (Å²) in [5.41, 5.74) is 0.800. The predicted octanol–water partition coefficient (Wildman–Crippen LogP) is 5.19. The van der Waals surface area contributed by atoms with E-state index in [0.29, 0.717) is 21.8 Å². The minimum atomic E-state index is 0.296. The highest BCUT2D eigenvalue weighted by Gasteiger charge is 2.11. The van der Waals surface area contributed by atoms with Crippen molar-refractivity contribution >= 4 is 45.6 Å². The first kappa shape index (κ1) is 13.4. The Bertz CT molecular complexity index is 733. The summed E-state index contributed by atoms with van der Waals surface area (Å²) in [5, 5.41) is 11.0. The Hall–Kier alpha value is -1.62. The Labute approximate surface area is 129 Å². The van der Waals surface area contributed by atoms with Crippen molar-refractivity contribution in [2.24, 2.45) is 0 Å². The smallest absolute Gasteiger partial charge is 0.259 e. The highest BCUT2D eigenvalue weighted by atomic mass is 35.5. The van der Waals surface area contributed by atoms with Crippen molar-refractivity contribution in [1.29, 1.82) is 0 Å². The molecule has 0 bridgehead atoms. The van der Waals surface area contributed by atoms with E-state index < -0.39 is 0 Å². The van der Waals surface area contributed by atoms with Crippen LogP contribution in [-0.4, -0.2) is 10.2 Å². The van der Waals surface area contributed by atoms with Crippen molar-refractivity contribution in [3.05, 3.63) is 57.6 Å². The van der Waals surface area contributed by atoms with Gasteiger partial charge in [-0.05, 0) is 41.8 Å². The van der Waals surface area contributed by atoms with Gasteiger partial charge in [0.1, 0.15) is 5.03 Å². The molecule has 2 aromatic heterocycles. The summed E-state index contributed by atoms with van der Waals surface area (Å²) >= 11 is 13.6. The molecule has 0 N–H and O–H groups in total. The molecule has 0 aliphatic rings. The minimum Gasteiger partial charge on any atom is -0.415 e. The zero-order valence-corrected chi connectivity index (χ0v) is 12.4. The summed E-state index contributed by atoms with van der Waals surface area (Å²) in [7, 11) is 0. The van der Waals surface area contributed by atoms with Gasteiger partial charge in [0.05, 0.1) is 0 Å². The second kappa shape index (κ2) is 5.79. The van der Waals surface area contributed by atoms with Crippen LogP contribution in [0.4, 0.5) is 0 Å². The fraction of sp³-hybridized carbons (Fsp3) is 0. The molecular weight excluding hydrogens is 315 g/mol. The molecule has 3 nitrogen and oxygen atoms in total. The van der Waals surface area contributed by atoms with Gasteiger partial charge in [-0.15, -0.1) is 21.5 Å². The molecule has 3 aromatic rings. The van der Waals surface area contributed by atoms with E-state index in [0.717, 1.165) is 10.4 Å². The van der Waals surface area contributed by atoms with Crippen molar-refractivity contribution in [3.63, 3.8) is 0 Å². The fourth-order valence-electron chi connectivity index (χ4n) is 1.59. The molecule has 2 heterocycles. The lowest BCUT2D eigenvalue weighted by Gasteiger charge is -1.94. The molecule has 1 aromatic carbocycles. The maximum atomic E-state index is 6.17. The van der Waals surface area contributed by atoms with Crippen LogP contribution >= 0.6 is 34.5 Å².